The highest BCUT2D eigenvalue weighted by molar-refractivity contribution is 5.76. The van der Waals surface area contributed by atoms with Crippen LogP contribution in [0.5, 0.6) is 0 Å². The van der Waals surface area contributed by atoms with Crippen molar-refractivity contribution in [3.63, 3.8) is 0 Å². The predicted octanol–water partition coefficient (Wildman–Crippen LogP) is 0.603. The fourth-order valence-corrected chi connectivity index (χ4v) is 2.43. The molecule has 0 aliphatic heterocycles. The minimum absolute atomic E-state index is 0.163. The van der Waals surface area contributed by atoms with Crippen molar-refractivity contribution >= 4 is 10.9 Å². The molecule has 112 valence electrons. The Balaban J connectivity index is 1.81. The summed E-state index contributed by atoms with van der Waals surface area (Å²) >= 11 is 0. The van der Waals surface area contributed by atoms with Gasteiger partial charge >= 0.3 is 0 Å². The van der Waals surface area contributed by atoms with E-state index in [1.165, 1.54) is 16.8 Å². The molecule has 1 N–H and O–H groups in total. The normalized spacial score (nSPS) is 12.5. The van der Waals surface area contributed by atoms with Crippen LogP contribution in [0.4, 0.5) is 4.39 Å². The Labute approximate surface area is 126 Å². The largest absolute Gasteiger partial charge is 0.315 e. The minimum atomic E-state index is -0.257. The smallest absolute Gasteiger partial charge is 0.282 e. The fourth-order valence-electron chi connectivity index (χ4n) is 2.43. The maximum atomic E-state index is 13.2. The van der Waals surface area contributed by atoms with Crippen LogP contribution < -0.4 is 10.5 Å². The van der Waals surface area contributed by atoms with Crippen LogP contribution in [0.3, 0.4) is 0 Å². The van der Waals surface area contributed by atoms with Gasteiger partial charge in [-0.15, -0.1) is 5.10 Å². The molecule has 0 fully saturated rings. The van der Waals surface area contributed by atoms with Crippen LogP contribution in [-0.4, -0.2) is 22.0 Å². The summed E-state index contributed by atoms with van der Waals surface area (Å²) in [5.74, 6) is -0.257. The lowest BCUT2D eigenvalue weighted by atomic mass is 10.2. The van der Waals surface area contributed by atoms with E-state index in [1.54, 1.807) is 24.3 Å². The number of nitrogens with one attached hydrogen (secondary N) is 1. The Morgan fingerprint density at radius 3 is 2.82 bits per heavy atom. The summed E-state index contributed by atoms with van der Waals surface area (Å²) in [6.07, 6.45) is 0. The molecule has 1 unspecified atom stereocenters. The van der Waals surface area contributed by atoms with E-state index in [-0.39, 0.29) is 11.4 Å². The van der Waals surface area contributed by atoms with Crippen LogP contribution in [0.2, 0.25) is 0 Å². The Morgan fingerprint density at radius 2 is 2.00 bits per heavy atom. The third-order valence-electron chi connectivity index (χ3n) is 3.44. The first-order valence-corrected chi connectivity index (χ1v) is 7.02. The third kappa shape index (κ3) is 3.01. The minimum Gasteiger partial charge on any atom is -0.315 e. The van der Waals surface area contributed by atoms with E-state index in [0.29, 0.717) is 24.1 Å². The number of halogens is 1. The summed E-state index contributed by atoms with van der Waals surface area (Å²) < 4.78 is 14.5. The molecule has 0 aliphatic carbocycles. The van der Waals surface area contributed by atoms with Crippen LogP contribution in [0.15, 0.2) is 53.3 Å². The summed E-state index contributed by atoms with van der Waals surface area (Å²) in [7, 11) is 1.92. The molecule has 0 saturated carbocycles. The van der Waals surface area contributed by atoms with Crippen LogP contribution >= 0.6 is 0 Å². The van der Waals surface area contributed by atoms with Crippen molar-refractivity contribution in [2.45, 2.75) is 13.2 Å². The molecule has 1 heterocycles. The number of fused-ring (bicyclic) bond motifs is 1. The number of hydrogen-bond donors (Lipinski definition) is 1. The summed E-state index contributed by atoms with van der Waals surface area (Å²) in [6.45, 7) is 0.964. The zero-order valence-electron chi connectivity index (χ0n) is 12.2. The highest BCUT2D eigenvalue weighted by atomic mass is 19.1. The average Bonchev–Trinajstić information content (AvgIpc) is 2.50. The molecule has 3 aromatic rings. The van der Waals surface area contributed by atoms with Gasteiger partial charge in [0.2, 0.25) is 0 Å². The first-order chi connectivity index (χ1) is 10.6. The second-order valence-electron chi connectivity index (χ2n) is 5.33. The fraction of sp³-hybridized carbons (Fsp3) is 0.188. The van der Waals surface area contributed by atoms with E-state index in [0.717, 1.165) is 10.5 Å². The summed E-state index contributed by atoms with van der Waals surface area (Å²) in [5.41, 5.74) is 1.30. The monoisotopic (exact) mass is 299 g/mol. The molecule has 2 aromatic carbocycles. The van der Waals surface area contributed by atoms with Gasteiger partial charge in [-0.2, -0.15) is 4.68 Å². The van der Waals surface area contributed by atoms with Gasteiger partial charge in [-0.1, -0.05) is 29.5 Å². The van der Waals surface area contributed by atoms with E-state index in [1.807, 2.05) is 19.2 Å². The number of aromatic nitrogens is 3. The highest BCUT2D eigenvalue weighted by Gasteiger charge is 2.10. The first-order valence-electron chi connectivity index (χ1n) is 7.02. The van der Waals surface area contributed by atoms with Crippen molar-refractivity contribution in [2.24, 2.45) is 0 Å². The van der Waals surface area contributed by atoms with Gasteiger partial charge in [0.05, 0.1) is 12.4 Å². The molecular formula is C16H16FN4O+. The van der Waals surface area contributed by atoms with Gasteiger partial charge in [0.1, 0.15) is 17.9 Å². The lowest BCUT2D eigenvalue weighted by Gasteiger charge is -2.14. The maximum Gasteiger partial charge on any atom is 0.282 e. The number of benzene rings is 2. The zero-order valence-corrected chi connectivity index (χ0v) is 12.2. The standard InChI is InChI=1S/C16H15FN4O/c1-20(10-12-5-4-6-13(17)9-12)11-21-16(22)14-7-2-3-8-15(14)18-19-21/h2-9H,10-11H2,1H3/p+1. The Hall–Kier alpha value is -2.60. The first kappa shape index (κ1) is 14.3. The Kier molecular flexibility index (Phi) is 3.93. The van der Waals surface area contributed by atoms with E-state index in [4.69, 9.17) is 0 Å². The second kappa shape index (κ2) is 6.03. The molecule has 0 spiro atoms. The van der Waals surface area contributed by atoms with Gasteiger partial charge in [0.15, 0.2) is 6.67 Å². The van der Waals surface area contributed by atoms with Crippen LogP contribution in [0, 0.1) is 5.82 Å². The van der Waals surface area contributed by atoms with Crippen LogP contribution in [0.1, 0.15) is 5.56 Å². The lowest BCUT2D eigenvalue weighted by Crippen LogP contribution is -3.07. The SMILES string of the molecule is C[NH+](Cc1cccc(F)c1)Cn1nnc2ccccc2c1=O. The Bertz CT molecular complexity index is 862. The topological polar surface area (TPSA) is 52.2 Å². The number of rotatable bonds is 4. The van der Waals surface area contributed by atoms with E-state index in [9.17, 15) is 9.18 Å². The summed E-state index contributed by atoms with van der Waals surface area (Å²) in [5, 5.41) is 8.57. The molecular weight excluding hydrogens is 283 g/mol. The molecule has 5 nitrogen and oxygen atoms in total. The zero-order chi connectivity index (χ0) is 15.5. The molecule has 0 bridgehead atoms. The molecule has 0 aliphatic rings. The van der Waals surface area contributed by atoms with E-state index < -0.39 is 0 Å². The number of hydrogen-bond acceptors (Lipinski definition) is 3. The van der Waals surface area contributed by atoms with Crippen molar-refractivity contribution < 1.29 is 9.29 Å². The van der Waals surface area contributed by atoms with Crippen LogP contribution in [0.25, 0.3) is 10.9 Å². The molecule has 0 radical (unpaired) electrons. The third-order valence-corrected chi connectivity index (χ3v) is 3.44. The quantitative estimate of drug-likeness (QED) is 0.768. The summed E-state index contributed by atoms with van der Waals surface area (Å²) in [6, 6.07) is 13.6. The number of nitrogens with zero attached hydrogens (tertiary/aromatic N) is 3. The van der Waals surface area contributed by atoms with Crippen molar-refractivity contribution in [2.75, 3.05) is 7.05 Å². The molecule has 1 atom stereocenters. The lowest BCUT2D eigenvalue weighted by molar-refractivity contribution is -0.917. The van der Waals surface area contributed by atoms with E-state index >= 15 is 0 Å². The van der Waals surface area contributed by atoms with Gasteiger partial charge in [-0.3, -0.25) is 4.79 Å². The maximum absolute atomic E-state index is 13.2. The van der Waals surface area contributed by atoms with Crippen molar-refractivity contribution in [1.82, 2.24) is 15.0 Å². The van der Waals surface area contributed by atoms with Gasteiger partial charge in [-0.05, 0) is 24.3 Å². The Morgan fingerprint density at radius 1 is 1.18 bits per heavy atom. The molecule has 6 heteroatoms. The average molecular weight is 299 g/mol. The van der Waals surface area contributed by atoms with Gasteiger partial charge in [-0.25, -0.2) is 4.39 Å². The van der Waals surface area contributed by atoms with Crippen LogP contribution in [-0.2, 0) is 13.2 Å². The molecule has 22 heavy (non-hydrogen) atoms. The molecule has 0 amide bonds. The van der Waals surface area contributed by atoms with Crippen molar-refractivity contribution in [3.05, 3.63) is 70.3 Å². The van der Waals surface area contributed by atoms with Crippen molar-refractivity contribution in [1.29, 1.82) is 0 Å². The molecule has 0 saturated heterocycles. The van der Waals surface area contributed by atoms with E-state index in [2.05, 4.69) is 10.3 Å². The second-order valence-corrected chi connectivity index (χ2v) is 5.33. The van der Waals surface area contributed by atoms with Gasteiger partial charge in [0.25, 0.3) is 5.56 Å². The van der Waals surface area contributed by atoms with Gasteiger partial charge < -0.3 is 4.90 Å². The highest BCUT2D eigenvalue weighted by Crippen LogP contribution is 2.03. The number of quaternary nitrogens is 1. The summed E-state index contributed by atoms with van der Waals surface area (Å²) in [4.78, 5) is 13.4. The van der Waals surface area contributed by atoms with Crippen molar-refractivity contribution in [3.8, 4) is 0 Å². The van der Waals surface area contributed by atoms with Gasteiger partial charge in [0, 0.05) is 5.56 Å². The molecule has 1 aromatic heterocycles. The molecule has 3 rings (SSSR count). The predicted molar refractivity (Wildman–Crippen MR) is 80.8 cm³/mol.